The second-order valence-corrected chi connectivity index (χ2v) is 10.6. The average molecular weight is 476 g/mol. The van der Waals surface area contributed by atoms with Crippen LogP contribution in [0.3, 0.4) is 0 Å². The van der Waals surface area contributed by atoms with E-state index in [1.165, 1.54) is 16.4 Å². The van der Waals surface area contributed by atoms with E-state index in [9.17, 15) is 13.2 Å². The minimum atomic E-state index is -3.55. The molecular formula is C26H25N3O4S. The van der Waals surface area contributed by atoms with E-state index >= 15 is 0 Å². The minimum absolute atomic E-state index is 0.205. The van der Waals surface area contributed by atoms with Crippen molar-refractivity contribution < 1.29 is 17.6 Å². The van der Waals surface area contributed by atoms with Gasteiger partial charge in [-0.3, -0.25) is 4.79 Å². The predicted octanol–water partition coefficient (Wildman–Crippen LogP) is 5.17. The molecule has 0 atom stereocenters. The van der Waals surface area contributed by atoms with Crippen molar-refractivity contribution in [1.82, 2.24) is 9.29 Å². The lowest BCUT2D eigenvalue weighted by atomic mass is 10.0. The summed E-state index contributed by atoms with van der Waals surface area (Å²) >= 11 is 0. The summed E-state index contributed by atoms with van der Waals surface area (Å²) in [7, 11) is -3.55. The number of nitrogens with one attached hydrogen (secondary N) is 1. The SMILES string of the molecule is CC1CCN(S(=O)(=O)c2ccc(C(=O)Nc3cccc(-c4nc5ccccc5o4)c3)cc2)CC1. The van der Waals surface area contributed by atoms with Crippen LogP contribution in [0.2, 0.25) is 0 Å². The fourth-order valence-electron chi connectivity index (χ4n) is 4.08. The van der Waals surface area contributed by atoms with Crippen molar-refractivity contribution in [3.63, 3.8) is 0 Å². The summed E-state index contributed by atoms with van der Waals surface area (Å²) in [4.78, 5) is 17.5. The van der Waals surface area contributed by atoms with Crippen LogP contribution in [-0.2, 0) is 10.0 Å². The first-order valence-electron chi connectivity index (χ1n) is 11.3. The zero-order valence-corrected chi connectivity index (χ0v) is 19.6. The topological polar surface area (TPSA) is 92.5 Å². The van der Waals surface area contributed by atoms with Crippen LogP contribution in [0.15, 0.2) is 82.1 Å². The molecule has 1 aromatic heterocycles. The van der Waals surface area contributed by atoms with Crippen LogP contribution in [0.25, 0.3) is 22.6 Å². The van der Waals surface area contributed by atoms with Crippen LogP contribution >= 0.6 is 0 Å². The van der Waals surface area contributed by atoms with Gasteiger partial charge in [-0.05, 0) is 73.4 Å². The standard InChI is InChI=1S/C26H25N3O4S/c1-18-13-15-29(16-14-18)34(31,32)22-11-9-19(10-12-22)25(30)27-21-6-4-5-20(17-21)26-28-23-7-2-3-8-24(23)33-26/h2-12,17-18H,13-16H2,1H3,(H,27,30). The number of aromatic nitrogens is 1. The highest BCUT2D eigenvalue weighted by molar-refractivity contribution is 7.89. The maximum atomic E-state index is 12.9. The summed E-state index contributed by atoms with van der Waals surface area (Å²) in [5, 5.41) is 2.86. The van der Waals surface area contributed by atoms with Gasteiger partial charge in [0.05, 0.1) is 4.90 Å². The highest BCUT2D eigenvalue weighted by atomic mass is 32.2. The van der Waals surface area contributed by atoms with Gasteiger partial charge in [-0.15, -0.1) is 0 Å². The second kappa shape index (κ2) is 9.04. The summed E-state index contributed by atoms with van der Waals surface area (Å²) in [6.07, 6.45) is 1.73. The Hall–Kier alpha value is -3.49. The fourth-order valence-corrected chi connectivity index (χ4v) is 5.55. The Balaban J connectivity index is 1.30. The molecular weight excluding hydrogens is 450 g/mol. The number of oxazole rings is 1. The normalized spacial score (nSPS) is 15.4. The first-order chi connectivity index (χ1) is 16.4. The number of carbonyl (C=O) groups is 1. The summed E-state index contributed by atoms with van der Waals surface area (Å²) < 4.78 is 33.2. The van der Waals surface area contributed by atoms with Crippen molar-refractivity contribution in [2.24, 2.45) is 5.92 Å². The smallest absolute Gasteiger partial charge is 0.255 e. The number of para-hydroxylation sites is 2. The second-order valence-electron chi connectivity index (χ2n) is 8.63. The van der Waals surface area contributed by atoms with E-state index in [-0.39, 0.29) is 10.8 Å². The van der Waals surface area contributed by atoms with E-state index in [0.29, 0.717) is 41.7 Å². The number of piperidine rings is 1. The van der Waals surface area contributed by atoms with Crippen LogP contribution in [0.5, 0.6) is 0 Å². The predicted molar refractivity (Wildman–Crippen MR) is 131 cm³/mol. The van der Waals surface area contributed by atoms with Crippen molar-refractivity contribution >= 4 is 32.7 Å². The van der Waals surface area contributed by atoms with Gasteiger partial charge in [0.2, 0.25) is 15.9 Å². The summed E-state index contributed by atoms with van der Waals surface area (Å²) in [6, 6.07) is 20.8. The van der Waals surface area contributed by atoms with Crippen molar-refractivity contribution in [3.8, 4) is 11.5 Å². The number of amides is 1. The van der Waals surface area contributed by atoms with Gasteiger partial charge in [-0.2, -0.15) is 4.31 Å². The molecule has 3 aromatic carbocycles. The molecule has 7 nitrogen and oxygen atoms in total. The quantitative estimate of drug-likeness (QED) is 0.430. The molecule has 1 aliphatic rings. The molecule has 4 aromatic rings. The molecule has 1 saturated heterocycles. The Morgan fingerprint density at radius 3 is 2.47 bits per heavy atom. The van der Waals surface area contributed by atoms with Crippen molar-refractivity contribution in [2.45, 2.75) is 24.7 Å². The van der Waals surface area contributed by atoms with E-state index in [1.807, 2.05) is 36.4 Å². The van der Waals surface area contributed by atoms with E-state index in [2.05, 4.69) is 17.2 Å². The van der Waals surface area contributed by atoms with Gasteiger partial charge in [-0.1, -0.05) is 25.1 Å². The van der Waals surface area contributed by atoms with Crippen LogP contribution in [-0.4, -0.2) is 36.7 Å². The van der Waals surface area contributed by atoms with Gasteiger partial charge < -0.3 is 9.73 Å². The first kappa shape index (κ1) is 22.3. The lowest BCUT2D eigenvalue weighted by Crippen LogP contribution is -2.37. The number of hydrogen-bond acceptors (Lipinski definition) is 5. The number of rotatable bonds is 5. The molecule has 0 saturated carbocycles. The molecule has 8 heteroatoms. The Bertz CT molecular complexity index is 1400. The lowest BCUT2D eigenvalue weighted by Gasteiger charge is -2.29. The number of anilines is 1. The van der Waals surface area contributed by atoms with Gasteiger partial charge in [0.25, 0.3) is 5.91 Å². The highest BCUT2D eigenvalue weighted by Crippen LogP contribution is 2.27. The van der Waals surface area contributed by atoms with Gasteiger partial charge in [0.15, 0.2) is 5.58 Å². The van der Waals surface area contributed by atoms with Crippen molar-refractivity contribution in [1.29, 1.82) is 0 Å². The van der Waals surface area contributed by atoms with Crippen LogP contribution < -0.4 is 5.32 Å². The fraction of sp³-hybridized carbons (Fsp3) is 0.231. The molecule has 34 heavy (non-hydrogen) atoms. The Morgan fingerprint density at radius 2 is 1.74 bits per heavy atom. The third kappa shape index (κ3) is 4.47. The largest absolute Gasteiger partial charge is 0.436 e. The molecule has 0 spiro atoms. The minimum Gasteiger partial charge on any atom is -0.436 e. The maximum absolute atomic E-state index is 12.9. The molecule has 5 rings (SSSR count). The van der Waals surface area contributed by atoms with Gasteiger partial charge in [0, 0.05) is 29.9 Å². The maximum Gasteiger partial charge on any atom is 0.255 e. The molecule has 1 aliphatic heterocycles. The van der Waals surface area contributed by atoms with Gasteiger partial charge in [-0.25, -0.2) is 13.4 Å². The number of nitrogens with zero attached hydrogens (tertiary/aromatic N) is 2. The molecule has 1 fully saturated rings. The van der Waals surface area contributed by atoms with E-state index in [1.54, 1.807) is 24.3 Å². The molecule has 1 amide bonds. The number of fused-ring (bicyclic) bond motifs is 1. The molecule has 1 N–H and O–H groups in total. The van der Waals surface area contributed by atoms with Gasteiger partial charge >= 0.3 is 0 Å². The number of carbonyl (C=O) groups excluding carboxylic acids is 1. The third-order valence-electron chi connectivity index (χ3n) is 6.16. The molecule has 174 valence electrons. The van der Waals surface area contributed by atoms with Gasteiger partial charge in [0.1, 0.15) is 5.52 Å². The zero-order valence-electron chi connectivity index (χ0n) is 18.8. The molecule has 2 heterocycles. The molecule has 0 radical (unpaired) electrons. The summed E-state index contributed by atoms with van der Waals surface area (Å²) in [5.41, 5.74) is 3.16. The Kier molecular flexibility index (Phi) is 5.93. The van der Waals surface area contributed by atoms with Crippen LogP contribution in [0, 0.1) is 5.92 Å². The number of sulfonamides is 1. The molecule has 0 unspecified atom stereocenters. The Morgan fingerprint density at radius 1 is 1.00 bits per heavy atom. The van der Waals surface area contributed by atoms with E-state index < -0.39 is 10.0 Å². The molecule has 0 aliphatic carbocycles. The number of hydrogen-bond donors (Lipinski definition) is 1. The third-order valence-corrected chi connectivity index (χ3v) is 8.07. The van der Waals surface area contributed by atoms with E-state index in [4.69, 9.17) is 4.42 Å². The van der Waals surface area contributed by atoms with E-state index in [0.717, 1.165) is 23.9 Å². The summed E-state index contributed by atoms with van der Waals surface area (Å²) in [5.74, 6) is 0.683. The monoisotopic (exact) mass is 475 g/mol. The van der Waals surface area contributed by atoms with Crippen LogP contribution in [0.4, 0.5) is 5.69 Å². The first-order valence-corrected chi connectivity index (χ1v) is 12.7. The van der Waals surface area contributed by atoms with Crippen molar-refractivity contribution in [2.75, 3.05) is 18.4 Å². The average Bonchev–Trinajstić information content (AvgIpc) is 3.29. The summed E-state index contributed by atoms with van der Waals surface area (Å²) in [6.45, 7) is 3.20. The Labute approximate surface area is 198 Å². The number of benzene rings is 3. The zero-order chi connectivity index (χ0) is 23.7. The highest BCUT2D eigenvalue weighted by Gasteiger charge is 2.28. The van der Waals surface area contributed by atoms with Crippen LogP contribution in [0.1, 0.15) is 30.1 Å². The lowest BCUT2D eigenvalue weighted by molar-refractivity contribution is 0.102. The molecule has 0 bridgehead atoms. The van der Waals surface area contributed by atoms with Crippen molar-refractivity contribution in [3.05, 3.63) is 78.4 Å².